The summed E-state index contributed by atoms with van der Waals surface area (Å²) in [6, 6.07) is 24.4. The van der Waals surface area contributed by atoms with Crippen molar-refractivity contribution in [3.05, 3.63) is 85.1 Å². The number of rotatable bonds is 1. The number of fused-ring (bicyclic) bond motifs is 2. The molecule has 5 heteroatoms. The number of oxazole rings is 1. The average molecular weight is 372 g/mol. The van der Waals surface area contributed by atoms with E-state index in [1.54, 1.807) is 24.4 Å². The molecule has 27 heavy (non-hydrogen) atoms. The third-order valence-corrected chi connectivity index (χ3v) is 4.40. The van der Waals surface area contributed by atoms with Crippen LogP contribution in [0.5, 0.6) is 5.75 Å². The first kappa shape index (κ1) is 17.1. The Morgan fingerprint density at radius 3 is 2.41 bits per heavy atom. The van der Waals surface area contributed by atoms with Gasteiger partial charge < -0.3 is 9.52 Å². The van der Waals surface area contributed by atoms with Gasteiger partial charge in [0.25, 0.3) is 0 Å². The molecule has 132 valence electrons. The molecule has 0 fully saturated rings. The Morgan fingerprint density at radius 2 is 1.59 bits per heavy atom. The van der Waals surface area contributed by atoms with Crippen molar-refractivity contribution in [2.45, 2.75) is 4.90 Å². The van der Waals surface area contributed by atoms with E-state index in [4.69, 9.17) is 4.42 Å². The highest BCUT2D eigenvalue weighted by Gasteiger charge is 2.10. The number of aromatic hydroxyl groups is 1. The van der Waals surface area contributed by atoms with Crippen LogP contribution in [-0.2, 0) is 0 Å². The molecule has 0 saturated carbocycles. The number of phenolic OH excluding ortho intramolecular Hbond substituents is 1. The van der Waals surface area contributed by atoms with Crippen molar-refractivity contribution >= 4 is 34.6 Å². The van der Waals surface area contributed by atoms with Gasteiger partial charge in [-0.05, 0) is 36.4 Å². The van der Waals surface area contributed by atoms with Gasteiger partial charge >= 0.3 is 0 Å². The molecule has 0 atom stereocenters. The maximum absolute atomic E-state index is 9.69. The van der Waals surface area contributed by atoms with Crippen molar-refractivity contribution in [1.29, 1.82) is 0 Å². The first-order valence-electron chi connectivity index (χ1n) is 8.39. The monoisotopic (exact) mass is 372 g/mol. The number of para-hydroxylation sites is 4. The smallest absolute Gasteiger partial charge is 0.231 e. The van der Waals surface area contributed by atoms with Crippen molar-refractivity contribution in [3.63, 3.8) is 0 Å². The minimum absolute atomic E-state index is 0.175. The van der Waals surface area contributed by atoms with Gasteiger partial charge in [-0.2, -0.15) is 0 Å². The van der Waals surface area contributed by atoms with Gasteiger partial charge in [-0.1, -0.05) is 42.5 Å². The predicted octanol–water partition coefficient (Wildman–Crippen LogP) is 5.72. The Balaban J connectivity index is 0.000000143. The first-order chi connectivity index (χ1) is 13.2. The summed E-state index contributed by atoms with van der Waals surface area (Å²) in [6.45, 7) is 0. The maximum Gasteiger partial charge on any atom is 0.231 e. The molecule has 0 saturated heterocycles. The lowest BCUT2D eigenvalue weighted by atomic mass is 10.2. The van der Waals surface area contributed by atoms with Gasteiger partial charge in [-0.3, -0.25) is 4.98 Å². The Kier molecular flexibility index (Phi) is 4.77. The van der Waals surface area contributed by atoms with Crippen LogP contribution in [0.2, 0.25) is 0 Å². The summed E-state index contributed by atoms with van der Waals surface area (Å²) in [5, 5.41) is 10.8. The SMILES string of the molecule is Oc1ccccc1-c1nc2ccccc2o1.Sc1cccc2cccnc12. The van der Waals surface area contributed by atoms with Crippen molar-refractivity contribution in [3.8, 4) is 17.2 Å². The highest BCUT2D eigenvalue weighted by Crippen LogP contribution is 2.30. The summed E-state index contributed by atoms with van der Waals surface area (Å²) < 4.78 is 5.56. The minimum atomic E-state index is 0.175. The molecular weight excluding hydrogens is 356 g/mol. The van der Waals surface area contributed by atoms with Crippen LogP contribution in [0.1, 0.15) is 0 Å². The molecule has 0 amide bonds. The molecule has 4 nitrogen and oxygen atoms in total. The molecule has 0 aliphatic heterocycles. The van der Waals surface area contributed by atoms with E-state index in [0.717, 1.165) is 26.9 Å². The van der Waals surface area contributed by atoms with Crippen LogP contribution in [-0.4, -0.2) is 15.1 Å². The fraction of sp³-hybridized carbons (Fsp3) is 0. The van der Waals surface area contributed by atoms with Crippen molar-refractivity contribution in [2.24, 2.45) is 0 Å². The van der Waals surface area contributed by atoms with Gasteiger partial charge in [-0.25, -0.2) is 4.98 Å². The summed E-state index contributed by atoms with van der Waals surface area (Å²) in [7, 11) is 0. The largest absolute Gasteiger partial charge is 0.507 e. The van der Waals surface area contributed by atoms with Crippen LogP contribution in [0.3, 0.4) is 0 Å². The summed E-state index contributed by atoms with van der Waals surface area (Å²) >= 11 is 4.29. The minimum Gasteiger partial charge on any atom is -0.507 e. The van der Waals surface area contributed by atoms with Crippen LogP contribution in [0, 0.1) is 0 Å². The van der Waals surface area contributed by atoms with Crippen LogP contribution < -0.4 is 0 Å². The van der Waals surface area contributed by atoms with E-state index in [1.165, 1.54) is 0 Å². The van der Waals surface area contributed by atoms with E-state index in [9.17, 15) is 5.11 Å². The molecule has 3 aromatic carbocycles. The van der Waals surface area contributed by atoms with Gasteiger partial charge in [-0.15, -0.1) is 12.6 Å². The zero-order valence-corrected chi connectivity index (χ0v) is 15.2. The Bertz CT molecular complexity index is 1180. The summed E-state index contributed by atoms with van der Waals surface area (Å²) in [5.41, 5.74) is 3.10. The molecule has 0 unspecified atom stereocenters. The highest BCUT2D eigenvalue weighted by molar-refractivity contribution is 7.80. The first-order valence-corrected chi connectivity index (χ1v) is 8.84. The zero-order valence-electron chi connectivity index (χ0n) is 14.3. The van der Waals surface area contributed by atoms with Crippen LogP contribution in [0.4, 0.5) is 0 Å². The fourth-order valence-corrected chi connectivity index (χ4v) is 3.00. The number of aromatic nitrogens is 2. The molecule has 1 N–H and O–H groups in total. The van der Waals surface area contributed by atoms with Crippen molar-refractivity contribution in [2.75, 3.05) is 0 Å². The molecule has 0 spiro atoms. The Morgan fingerprint density at radius 1 is 0.815 bits per heavy atom. The molecule has 2 aromatic heterocycles. The fourth-order valence-electron chi connectivity index (χ4n) is 2.73. The number of thiol groups is 1. The second kappa shape index (κ2) is 7.51. The molecule has 5 aromatic rings. The maximum atomic E-state index is 9.69. The number of pyridine rings is 1. The highest BCUT2D eigenvalue weighted by atomic mass is 32.1. The Hall–Kier alpha value is -3.31. The molecular formula is C22H16N2O2S. The number of hydrogen-bond donors (Lipinski definition) is 2. The Labute approximate surface area is 161 Å². The van der Waals surface area contributed by atoms with E-state index < -0.39 is 0 Å². The van der Waals surface area contributed by atoms with Crippen LogP contribution >= 0.6 is 12.6 Å². The molecule has 0 aliphatic rings. The lowest BCUT2D eigenvalue weighted by Gasteiger charge is -1.97. The van der Waals surface area contributed by atoms with Crippen molar-refractivity contribution < 1.29 is 9.52 Å². The van der Waals surface area contributed by atoms with E-state index >= 15 is 0 Å². The van der Waals surface area contributed by atoms with Gasteiger partial charge in [0.05, 0.1) is 11.1 Å². The third-order valence-electron chi connectivity index (χ3n) is 4.04. The number of phenols is 1. The zero-order chi connectivity index (χ0) is 18.6. The van der Waals surface area contributed by atoms with Gasteiger partial charge in [0.1, 0.15) is 11.3 Å². The second-order valence-electron chi connectivity index (χ2n) is 5.86. The average Bonchev–Trinajstić information content (AvgIpc) is 3.13. The van der Waals surface area contributed by atoms with E-state index in [-0.39, 0.29) is 5.75 Å². The van der Waals surface area contributed by atoms with Gasteiger partial charge in [0, 0.05) is 16.5 Å². The summed E-state index contributed by atoms with van der Waals surface area (Å²) in [4.78, 5) is 9.45. The van der Waals surface area contributed by atoms with E-state index in [1.807, 2.05) is 60.7 Å². The predicted molar refractivity (Wildman–Crippen MR) is 110 cm³/mol. The quantitative estimate of drug-likeness (QED) is 0.369. The summed E-state index contributed by atoms with van der Waals surface area (Å²) in [6.07, 6.45) is 1.78. The molecule has 2 heterocycles. The standard InChI is InChI=1S/C13H9NO2.C9H7NS/c15-11-7-3-1-5-9(11)13-14-10-6-2-4-8-12(10)16-13;11-8-5-1-3-7-4-2-6-10-9(7)8/h1-8,15H;1-6,11H. The molecule has 5 rings (SSSR count). The number of benzene rings is 3. The summed E-state index contributed by atoms with van der Waals surface area (Å²) in [5.74, 6) is 0.619. The van der Waals surface area contributed by atoms with Gasteiger partial charge in [0.15, 0.2) is 5.58 Å². The second-order valence-corrected chi connectivity index (χ2v) is 6.34. The van der Waals surface area contributed by atoms with Gasteiger partial charge in [0.2, 0.25) is 5.89 Å². The van der Waals surface area contributed by atoms with Crippen LogP contribution in [0.25, 0.3) is 33.5 Å². The van der Waals surface area contributed by atoms with E-state index in [2.05, 4.69) is 22.6 Å². The third kappa shape index (κ3) is 3.64. The number of nitrogens with zero attached hydrogens (tertiary/aromatic N) is 2. The molecule has 0 radical (unpaired) electrons. The lowest BCUT2D eigenvalue weighted by Crippen LogP contribution is -1.77. The lowest BCUT2D eigenvalue weighted by molar-refractivity contribution is 0.474. The van der Waals surface area contributed by atoms with E-state index in [0.29, 0.717) is 11.5 Å². The normalized spacial score (nSPS) is 10.6. The topological polar surface area (TPSA) is 59.2 Å². The molecule has 0 bridgehead atoms. The van der Waals surface area contributed by atoms with Crippen molar-refractivity contribution in [1.82, 2.24) is 9.97 Å². The number of hydrogen-bond acceptors (Lipinski definition) is 5. The van der Waals surface area contributed by atoms with Crippen LogP contribution in [0.15, 0.2) is 94.4 Å². The molecule has 0 aliphatic carbocycles.